The van der Waals surface area contributed by atoms with E-state index >= 15 is 0 Å². The van der Waals surface area contributed by atoms with Crippen LogP contribution >= 0.6 is 0 Å². The normalized spacial score (nSPS) is 15.9. The molecule has 2 aliphatic rings. The largest absolute Gasteiger partial charge is 0.497 e. The van der Waals surface area contributed by atoms with Gasteiger partial charge in [-0.2, -0.15) is 0 Å². The average molecular weight is 673 g/mol. The molecule has 0 spiro atoms. The molecular formula is C35H41FN8O5. The molecule has 0 radical (unpaired) electrons. The Labute approximate surface area is 283 Å². The molecule has 258 valence electrons. The van der Waals surface area contributed by atoms with Gasteiger partial charge in [0.25, 0.3) is 5.56 Å². The predicted octanol–water partition coefficient (Wildman–Crippen LogP) is 3.04. The molecule has 0 aliphatic carbocycles. The van der Waals surface area contributed by atoms with E-state index < -0.39 is 17.9 Å². The number of urea groups is 1. The van der Waals surface area contributed by atoms with Gasteiger partial charge in [0, 0.05) is 51.0 Å². The number of carbonyl (C=O) groups excluding carboxylic acids is 2. The predicted molar refractivity (Wildman–Crippen MR) is 186 cm³/mol. The van der Waals surface area contributed by atoms with E-state index in [9.17, 15) is 18.8 Å². The highest BCUT2D eigenvalue weighted by Crippen LogP contribution is 2.37. The van der Waals surface area contributed by atoms with E-state index in [2.05, 4.69) is 15.5 Å². The number of halogens is 1. The summed E-state index contributed by atoms with van der Waals surface area (Å²) in [6.07, 6.45) is 0. The number of carbonyl (C=O) groups is 2. The fraction of sp³-hybridized carbons (Fsp3) is 0.371. The van der Waals surface area contributed by atoms with Crippen molar-refractivity contribution in [2.75, 3.05) is 88.3 Å². The second-order valence-corrected chi connectivity index (χ2v) is 12.0. The highest BCUT2D eigenvalue weighted by Gasteiger charge is 2.33. The van der Waals surface area contributed by atoms with E-state index in [1.165, 1.54) is 43.4 Å². The van der Waals surface area contributed by atoms with Crippen molar-refractivity contribution in [3.63, 3.8) is 0 Å². The number of anilines is 2. The number of aromatic nitrogens is 2. The number of hydrogen-bond acceptors (Lipinski definition) is 9. The third-order valence-electron chi connectivity index (χ3n) is 8.96. The van der Waals surface area contributed by atoms with Gasteiger partial charge in [-0.25, -0.2) is 18.8 Å². The van der Waals surface area contributed by atoms with Gasteiger partial charge in [-0.15, -0.1) is 0 Å². The molecule has 3 heterocycles. The van der Waals surface area contributed by atoms with Crippen LogP contribution in [0.4, 0.5) is 20.6 Å². The van der Waals surface area contributed by atoms with Gasteiger partial charge in [-0.3, -0.25) is 19.4 Å². The number of rotatable bonds is 9. The first kappa shape index (κ1) is 33.7. The van der Waals surface area contributed by atoms with Crippen molar-refractivity contribution in [2.45, 2.75) is 13.0 Å². The molecule has 3 aromatic carbocycles. The number of para-hydroxylation sites is 1. The highest BCUT2D eigenvalue weighted by atomic mass is 19.1. The summed E-state index contributed by atoms with van der Waals surface area (Å²) in [4.78, 5) is 52.1. The first-order valence-corrected chi connectivity index (χ1v) is 16.3. The van der Waals surface area contributed by atoms with Crippen molar-refractivity contribution in [3.05, 3.63) is 88.7 Å². The smallest absolute Gasteiger partial charge is 0.327 e. The van der Waals surface area contributed by atoms with Crippen molar-refractivity contribution >= 4 is 34.2 Å². The zero-order valence-electron chi connectivity index (χ0n) is 27.9. The van der Waals surface area contributed by atoms with Crippen LogP contribution in [-0.4, -0.2) is 105 Å². The van der Waals surface area contributed by atoms with Crippen LogP contribution in [-0.2, 0) is 4.79 Å². The number of benzene rings is 3. The lowest BCUT2D eigenvalue weighted by Gasteiger charge is -2.40. The number of amides is 3. The number of ether oxygens (including phenoxy) is 2. The van der Waals surface area contributed by atoms with Crippen LogP contribution in [0.3, 0.4) is 0 Å². The molecule has 3 amide bonds. The van der Waals surface area contributed by atoms with Crippen LogP contribution < -0.4 is 35.6 Å². The lowest BCUT2D eigenvalue weighted by Crippen LogP contribution is -2.58. The van der Waals surface area contributed by atoms with Crippen molar-refractivity contribution in [3.8, 4) is 11.5 Å². The lowest BCUT2D eigenvalue weighted by molar-refractivity contribution is -0.133. The number of nitrogens with one attached hydrogen (secondary N) is 2. The summed E-state index contributed by atoms with van der Waals surface area (Å²) < 4.78 is 26.4. The Kier molecular flexibility index (Phi) is 10.3. The van der Waals surface area contributed by atoms with E-state index in [1.807, 2.05) is 16.0 Å². The van der Waals surface area contributed by atoms with Gasteiger partial charge in [0.05, 0.1) is 56.5 Å². The summed E-state index contributed by atoms with van der Waals surface area (Å²) in [5, 5.41) is 8.48. The SMILES string of the molecule is COc1ccc(N(C(=O)Nc2ccc(F)cc2)C(C)c2nc3ccccc3c(=O)n2N2CCN(C(=O)CN3CCNCC3)CC2)c(OC)c1. The van der Waals surface area contributed by atoms with E-state index in [1.54, 1.807) is 48.0 Å². The Morgan fingerprint density at radius 3 is 2.37 bits per heavy atom. The second kappa shape index (κ2) is 14.9. The topological polar surface area (TPSA) is 125 Å². The average Bonchev–Trinajstić information content (AvgIpc) is 3.13. The Morgan fingerprint density at radius 2 is 1.67 bits per heavy atom. The van der Waals surface area contributed by atoms with Crippen molar-refractivity contribution < 1.29 is 23.5 Å². The van der Waals surface area contributed by atoms with Crippen LogP contribution in [0.15, 0.2) is 71.5 Å². The van der Waals surface area contributed by atoms with Crippen molar-refractivity contribution in [1.29, 1.82) is 0 Å². The summed E-state index contributed by atoms with van der Waals surface area (Å²) in [5.74, 6) is 0.824. The Morgan fingerprint density at radius 1 is 0.959 bits per heavy atom. The number of hydrogen-bond donors (Lipinski definition) is 2. The summed E-state index contributed by atoms with van der Waals surface area (Å²) in [5.41, 5.74) is 0.971. The molecular weight excluding hydrogens is 631 g/mol. The maximum absolute atomic E-state index is 14.3. The fourth-order valence-electron chi connectivity index (χ4n) is 6.30. The van der Waals surface area contributed by atoms with Crippen LogP contribution in [0.1, 0.15) is 18.8 Å². The maximum atomic E-state index is 14.3. The van der Waals surface area contributed by atoms with Crippen molar-refractivity contribution in [2.24, 2.45) is 0 Å². The van der Waals surface area contributed by atoms with Gasteiger partial charge >= 0.3 is 6.03 Å². The summed E-state index contributed by atoms with van der Waals surface area (Å²) >= 11 is 0. The monoisotopic (exact) mass is 672 g/mol. The first-order chi connectivity index (χ1) is 23.8. The number of nitrogens with zero attached hydrogens (tertiary/aromatic N) is 6. The highest BCUT2D eigenvalue weighted by molar-refractivity contribution is 6.03. The van der Waals surface area contributed by atoms with Crippen LogP contribution in [0.2, 0.25) is 0 Å². The summed E-state index contributed by atoms with van der Waals surface area (Å²) in [6.45, 7) is 7.17. The molecule has 0 saturated carbocycles. The molecule has 2 N–H and O–H groups in total. The van der Waals surface area contributed by atoms with E-state index in [-0.39, 0.29) is 11.5 Å². The Balaban J connectivity index is 1.37. The molecule has 4 aromatic rings. The maximum Gasteiger partial charge on any atom is 0.327 e. The number of methoxy groups -OCH3 is 2. The van der Waals surface area contributed by atoms with Crippen LogP contribution in [0.5, 0.6) is 11.5 Å². The number of piperazine rings is 2. The molecule has 2 aliphatic heterocycles. The molecule has 1 atom stereocenters. The quantitative estimate of drug-likeness (QED) is 0.276. The Bertz CT molecular complexity index is 1860. The van der Waals surface area contributed by atoms with Gasteiger partial charge in [0.15, 0.2) is 5.82 Å². The molecule has 2 saturated heterocycles. The van der Waals surface area contributed by atoms with E-state index in [0.29, 0.717) is 72.3 Å². The van der Waals surface area contributed by atoms with Gasteiger partial charge in [0.2, 0.25) is 5.91 Å². The third-order valence-corrected chi connectivity index (χ3v) is 8.96. The molecule has 1 unspecified atom stereocenters. The van der Waals surface area contributed by atoms with E-state index in [4.69, 9.17) is 14.5 Å². The second-order valence-electron chi connectivity index (χ2n) is 12.0. The summed E-state index contributed by atoms with van der Waals surface area (Å²) in [7, 11) is 3.03. The van der Waals surface area contributed by atoms with Crippen LogP contribution in [0, 0.1) is 5.82 Å². The minimum Gasteiger partial charge on any atom is -0.497 e. The van der Waals surface area contributed by atoms with E-state index in [0.717, 1.165) is 26.2 Å². The molecule has 1 aromatic heterocycles. The van der Waals surface area contributed by atoms with Gasteiger partial charge in [0.1, 0.15) is 17.3 Å². The Hall–Kier alpha value is -5.21. The lowest BCUT2D eigenvalue weighted by atomic mass is 10.1. The number of fused-ring (bicyclic) bond motifs is 1. The van der Waals surface area contributed by atoms with Gasteiger partial charge in [-0.05, 0) is 55.5 Å². The molecule has 0 bridgehead atoms. The zero-order chi connectivity index (χ0) is 34.5. The third kappa shape index (κ3) is 7.29. The van der Waals surface area contributed by atoms with Crippen molar-refractivity contribution in [1.82, 2.24) is 24.8 Å². The van der Waals surface area contributed by atoms with Crippen LogP contribution in [0.25, 0.3) is 10.9 Å². The first-order valence-electron chi connectivity index (χ1n) is 16.3. The summed E-state index contributed by atoms with van der Waals surface area (Å²) in [6, 6.07) is 16.2. The molecule has 49 heavy (non-hydrogen) atoms. The van der Waals surface area contributed by atoms with Gasteiger partial charge in [-0.1, -0.05) is 12.1 Å². The zero-order valence-corrected chi connectivity index (χ0v) is 27.9. The minimum absolute atomic E-state index is 0.0642. The molecule has 2 fully saturated rings. The molecule has 6 rings (SSSR count). The fourth-order valence-corrected chi connectivity index (χ4v) is 6.30. The minimum atomic E-state index is -0.826. The van der Waals surface area contributed by atoms with Gasteiger partial charge < -0.3 is 30.0 Å². The molecule has 14 heteroatoms. The molecule has 13 nitrogen and oxygen atoms in total. The standard InChI is InChI=1S/C35H41FN8O5/c1-24(43(30-13-12-27(48-2)22-31(30)49-3)35(47)38-26-10-8-25(36)9-11-26)33-39-29-7-5-4-6-28(29)34(46)44(33)42-20-18-41(19-21-42)32(45)23-40-16-14-37-15-17-40/h4-13,22,24,37H,14-21,23H2,1-3H3,(H,38,47).